The minimum Gasteiger partial charge on any atom is -0.368 e. The van der Waals surface area contributed by atoms with Gasteiger partial charge in [-0.25, -0.2) is 9.97 Å². The minimum atomic E-state index is 0.372. The fourth-order valence-electron chi connectivity index (χ4n) is 1.13. The highest BCUT2D eigenvalue weighted by atomic mass is 15.3. The summed E-state index contributed by atoms with van der Waals surface area (Å²) in [6.07, 6.45) is 1.44. The van der Waals surface area contributed by atoms with E-state index in [9.17, 15) is 0 Å². The Labute approximate surface area is 75.6 Å². The van der Waals surface area contributed by atoms with Crippen molar-refractivity contribution in [2.24, 2.45) is 0 Å². The summed E-state index contributed by atoms with van der Waals surface area (Å²) in [6, 6.07) is 1.92. The fourth-order valence-corrected chi connectivity index (χ4v) is 1.13. The van der Waals surface area contributed by atoms with Crippen LogP contribution in [-0.2, 0) is 0 Å². The molecule has 0 aliphatic carbocycles. The average molecular weight is 177 g/mol. The third-order valence-electron chi connectivity index (χ3n) is 1.90. The lowest BCUT2D eigenvalue weighted by molar-refractivity contribution is 0.783. The van der Waals surface area contributed by atoms with Crippen LogP contribution in [0.4, 0.5) is 5.95 Å². The lowest BCUT2D eigenvalue weighted by atomic mass is 10.1. The van der Waals surface area contributed by atoms with Gasteiger partial charge in [0.15, 0.2) is 5.65 Å². The number of nitrogens with zero attached hydrogens (tertiary/aromatic N) is 4. The molecule has 0 radical (unpaired) electrons. The average Bonchev–Trinajstić information content (AvgIpc) is 2.49. The molecule has 0 bridgehead atoms. The molecular weight excluding hydrogens is 166 g/mol. The third-order valence-corrected chi connectivity index (χ3v) is 1.90. The predicted octanol–water partition coefficient (Wildman–Crippen LogP) is 0.830. The Morgan fingerprint density at radius 1 is 1.38 bits per heavy atom. The number of hydrogen-bond donors (Lipinski definition) is 1. The quantitative estimate of drug-likeness (QED) is 0.700. The van der Waals surface area contributed by atoms with E-state index in [0.717, 1.165) is 11.3 Å². The summed E-state index contributed by atoms with van der Waals surface area (Å²) in [5.41, 5.74) is 7.34. The fraction of sp³-hybridized carbons (Fsp3) is 0.375. The highest BCUT2D eigenvalue weighted by molar-refractivity contribution is 5.43. The summed E-state index contributed by atoms with van der Waals surface area (Å²) in [5.74, 6) is 0.748. The van der Waals surface area contributed by atoms with Crippen molar-refractivity contribution in [1.29, 1.82) is 0 Å². The van der Waals surface area contributed by atoms with Gasteiger partial charge in [-0.15, -0.1) is 0 Å². The van der Waals surface area contributed by atoms with Gasteiger partial charge < -0.3 is 5.73 Å². The summed E-state index contributed by atoms with van der Waals surface area (Å²) in [5, 5.41) is 4.28. The minimum absolute atomic E-state index is 0.372. The lowest BCUT2D eigenvalue weighted by Crippen LogP contribution is -2.02. The first-order valence-electron chi connectivity index (χ1n) is 4.14. The largest absolute Gasteiger partial charge is 0.368 e. The molecule has 0 fully saturated rings. The number of fused-ring (bicyclic) bond motifs is 1. The third kappa shape index (κ3) is 1.22. The van der Waals surface area contributed by atoms with Crippen molar-refractivity contribution in [3.05, 3.63) is 18.1 Å². The highest BCUT2D eigenvalue weighted by Crippen LogP contribution is 2.14. The van der Waals surface area contributed by atoms with Gasteiger partial charge in [-0.05, 0) is 5.92 Å². The van der Waals surface area contributed by atoms with E-state index in [1.54, 1.807) is 4.52 Å². The number of nitrogen functional groups attached to an aromatic ring is 1. The van der Waals surface area contributed by atoms with Gasteiger partial charge in [0, 0.05) is 6.07 Å². The number of hydrogen-bond acceptors (Lipinski definition) is 4. The molecule has 0 amide bonds. The summed E-state index contributed by atoms with van der Waals surface area (Å²) >= 11 is 0. The molecule has 0 aliphatic rings. The van der Waals surface area contributed by atoms with Crippen molar-refractivity contribution in [1.82, 2.24) is 19.6 Å². The van der Waals surface area contributed by atoms with Crippen LogP contribution in [0.5, 0.6) is 0 Å². The molecular formula is C8H11N5. The second-order valence-corrected chi connectivity index (χ2v) is 3.23. The Kier molecular flexibility index (Phi) is 1.65. The van der Waals surface area contributed by atoms with E-state index in [4.69, 9.17) is 5.73 Å². The smallest absolute Gasteiger partial charge is 0.224 e. The summed E-state index contributed by atoms with van der Waals surface area (Å²) in [4.78, 5) is 7.90. The van der Waals surface area contributed by atoms with Crippen LogP contribution in [0.2, 0.25) is 0 Å². The first-order valence-corrected chi connectivity index (χ1v) is 4.14. The van der Waals surface area contributed by atoms with Crippen molar-refractivity contribution < 1.29 is 0 Å². The number of aromatic nitrogens is 4. The molecule has 2 rings (SSSR count). The van der Waals surface area contributed by atoms with Crippen LogP contribution in [0.3, 0.4) is 0 Å². The zero-order valence-electron chi connectivity index (χ0n) is 7.60. The van der Waals surface area contributed by atoms with E-state index in [0.29, 0.717) is 11.9 Å². The zero-order chi connectivity index (χ0) is 9.42. The van der Waals surface area contributed by atoms with Gasteiger partial charge >= 0.3 is 0 Å². The molecule has 68 valence electrons. The van der Waals surface area contributed by atoms with Gasteiger partial charge in [0.1, 0.15) is 6.33 Å². The topological polar surface area (TPSA) is 69.1 Å². The molecule has 2 N–H and O–H groups in total. The van der Waals surface area contributed by atoms with Crippen LogP contribution in [0.15, 0.2) is 12.4 Å². The van der Waals surface area contributed by atoms with Crippen LogP contribution < -0.4 is 5.73 Å². The monoisotopic (exact) mass is 177 g/mol. The van der Waals surface area contributed by atoms with E-state index in [1.807, 2.05) is 6.07 Å². The summed E-state index contributed by atoms with van der Waals surface area (Å²) in [7, 11) is 0. The van der Waals surface area contributed by atoms with Crippen molar-refractivity contribution in [2.75, 3.05) is 5.73 Å². The Morgan fingerprint density at radius 2 is 2.15 bits per heavy atom. The van der Waals surface area contributed by atoms with Crippen molar-refractivity contribution in [2.45, 2.75) is 19.8 Å². The van der Waals surface area contributed by atoms with Crippen LogP contribution in [0.25, 0.3) is 5.65 Å². The second kappa shape index (κ2) is 2.69. The summed E-state index contributed by atoms with van der Waals surface area (Å²) < 4.78 is 1.55. The predicted molar refractivity (Wildman–Crippen MR) is 49.3 cm³/mol. The molecule has 2 aromatic rings. The van der Waals surface area contributed by atoms with E-state index < -0.39 is 0 Å². The Balaban J connectivity index is 2.68. The van der Waals surface area contributed by atoms with Crippen LogP contribution in [-0.4, -0.2) is 19.6 Å². The Bertz CT molecular complexity index is 431. The molecule has 0 aliphatic heterocycles. The summed E-state index contributed by atoms with van der Waals surface area (Å²) in [6.45, 7) is 4.15. The lowest BCUT2D eigenvalue weighted by Gasteiger charge is -1.96. The zero-order valence-corrected chi connectivity index (χ0v) is 7.60. The maximum atomic E-state index is 5.62. The normalized spacial score (nSPS) is 11.3. The van der Waals surface area contributed by atoms with Crippen molar-refractivity contribution in [3.63, 3.8) is 0 Å². The molecule has 5 heteroatoms. The molecule has 2 heterocycles. The molecule has 5 nitrogen and oxygen atoms in total. The first-order chi connectivity index (χ1) is 6.18. The molecule has 13 heavy (non-hydrogen) atoms. The maximum Gasteiger partial charge on any atom is 0.224 e. The molecule has 0 spiro atoms. The number of nitrogens with two attached hydrogens (primary N) is 1. The molecule has 0 atom stereocenters. The van der Waals surface area contributed by atoms with Gasteiger partial charge in [0.2, 0.25) is 5.95 Å². The number of anilines is 1. The highest BCUT2D eigenvalue weighted by Gasteiger charge is 2.07. The molecule has 0 unspecified atom stereocenters. The van der Waals surface area contributed by atoms with Gasteiger partial charge in [0.25, 0.3) is 0 Å². The van der Waals surface area contributed by atoms with Crippen LogP contribution in [0.1, 0.15) is 25.5 Å². The molecule has 2 aromatic heterocycles. The Morgan fingerprint density at radius 3 is 2.77 bits per heavy atom. The van der Waals surface area contributed by atoms with Crippen molar-refractivity contribution >= 4 is 11.6 Å². The molecule has 0 saturated carbocycles. The maximum absolute atomic E-state index is 5.62. The van der Waals surface area contributed by atoms with Crippen LogP contribution in [0, 0.1) is 0 Å². The molecule has 0 aromatic carbocycles. The van der Waals surface area contributed by atoms with Gasteiger partial charge in [-0.2, -0.15) is 9.61 Å². The van der Waals surface area contributed by atoms with E-state index in [-0.39, 0.29) is 0 Å². The van der Waals surface area contributed by atoms with E-state index in [2.05, 4.69) is 28.9 Å². The van der Waals surface area contributed by atoms with Crippen LogP contribution >= 0.6 is 0 Å². The van der Waals surface area contributed by atoms with Gasteiger partial charge in [-0.1, -0.05) is 13.8 Å². The molecule has 0 saturated heterocycles. The van der Waals surface area contributed by atoms with Gasteiger partial charge in [-0.3, -0.25) is 0 Å². The van der Waals surface area contributed by atoms with E-state index >= 15 is 0 Å². The standard InChI is InChI=1S/C8H11N5/c1-5(2)6-3-7-10-4-11-8(9)13(7)12-6/h3-5H,1-2H3,(H2,9,10,11). The first kappa shape index (κ1) is 7.97. The van der Waals surface area contributed by atoms with Gasteiger partial charge in [0.05, 0.1) is 5.69 Å². The van der Waals surface area contributed by atoms with Crippen molar-refractivity contribution in [3.8, 4) is 0 Å². The number of rotatable bonds is 1. The van der Waals surface area contributed by atoms with E-state index in [1.165, 1.54) is 6.33 Å². The second-order valence-electron chi connectivity index (χ2n) is 3.23. The SMILES string of the molecule is CC(C)c1cc2ncnc(N)n2n1. The Hall–Kier alpha value is -1.65.